The lowest BCUT2D eigenvalue weighted by molar-refractivity contribution is -0.123. The molecule has 1 aromatic heterocycles. The average Bonchev–Trinajstić information content (AvgIpc) is 3.73. The van der Waals surface area contributed by atoms with Crippen LogP contribution >= 0.6 is 0 Å². The van der Waals surface area contributed by atoms with Crippen LogP contribution in [-0.2, 0) is 9.59 Å². The molecule has 0 unspecified atom stereocenters. The van der Waals surface area contributed by atoms with E-state index in [1.165, 1.54) is 0 Å². The molecule has 2 fully saturated rings. The van der Waals surface area contributed by atoms with Crippen molar-refractivity contribution in [1.82, 2.24) is 20.0 Å². The number of nitrogens with zero attached hydrogens (tertiary/aromatic N) is 4. The van der Waals surface area contributed by atoms with E-state index in [4.69, 9.17) is 5.73 Å². The van der Waals surface area contributed by atoms with Gasteiger partial charge < -0.3 is 21.3 Å². The largest absolute Gasteiger partial charge is 0.337 e. The Balaban J connectivity index is 1.40. The summed E-state index contributed by atoms with van der Waals surface area (Å²) >= 11 is 0. The maximum atomic E-state index is 13.1. The second-order valence-corrected chi connectivity index (χ2v) is 9.19. The second-order valence-electron chi connectivity index (χ2n) is 9.19. The molecule has 2 heterocycles. The lowest BCUT2D eigenvalue weighted by atomic mass is 10.1. The summed E-state index contributed by atoms with van der Waals surface area (Å²) < 4.78 is 1.67. The van der Waals surface area contributed by atoms with Crippen LogP contribution in [0.2, 0.25) is 0 Å². The third-order valence-electron chi connectivity index (χ3n) is 6.45. The molecule has 10 nitrogen and oxygen atoms in total. The van der Waals surface area contributed by atoms with Crippen LogP contribution in [-0.4, -0.2) is 51.2 Å². The highest BCUT2D eigenvalue weighted by Crippen LogP contribution is 2.35. The van der Waals surface area contributed by atoms with Crippen LogP contribution in [0.1, 0.15) is 54.7 Å². The fraction of sp³-hybridized carbons (Fsp3) is 0.435. The Bertz CT molecular complexity index is 1200. The molecule has 1 atom stereocenters. The minimum atomic E-state index is -0.795. The molecule has 0 saturated heterocycles. The predicted molar refractivity (Wildman–Crippen MR) is 119 cm³/mol. The Morgan fingerprint density at radius 3 is 2.73 bits per heavy atom. The first kappa shape index (κ1) is 21.2. The molecule has 3 amide bonds. The van der Waals surface area contributed by atoms with Crippen molar-refractivity contribution in [2.45, 2.75) is 44.2 Å². The van der Waals surface area contributed by atoms with Gasteiger partial charge in [0.15, 0.2) is 0 Å². The minimum Gasteiger partial charge on any atom is -0.337 e. The summed E-state index contributed by atoms with van der Waals surface area (Å²) in [5.74, 6) is -0.551. The molecular formula is C23H25N7O3. The zero-order valence-corrected chi connectivity index (χ0v) is 18.3. The Labute approximate surface area is 190 Å². The lowest BCUT2D eigenvalue weighted by Gasteiger charge is -2.32. The van der Waals surface area contributed by atoms with Gasteiger partial charge in [-0.1, -0.05) is 0 Å². The van der Waals surface area contributed by atoms with Crippen LogP contribution in [0.4, 0.5) is 5.69 Å². The maximum Gasteiger partial charge on any atom is 0.273 e. The molecule has 2 aliphatic carbocycles. The quantitative estimate of drug-likeness (QED) is 0.609. The van der Waals surface area contributed by atoms with Crippen LogP contribution in [0.15, 0.2) is 24.3 Å². The van der Waals surface area contributed by atoms with Crippen molar-refractivity contribution in [1.29, 1.82) is 5.26 Å². The van der Waals surface area contributed by atoms with E-state index in [0.29, 0.717) is 47.6 Å². The first-order chi connectivity index (χ1) is 15.8. The van der Waals surface area contributed by atoms with Gasteiger partial charge in [-0.15, -0.1) is 0 Å². The van der Waals surface area contributed by atoms with Gasteiger partial charge in [0.1, 0.15) is 5.69 Å². The standard InChI is InChI=1S/C23H25N7O3/c1-13-11-29(12-26-22(33)23(25)6-7-23)21(32)19-9-18(28-30(13)19)16-5-2-14(10-24)8-17(16)27-20(31)15-3-4-15/h2,5,8-9,13,15H,3-4,6-7,11-12,25H2,1H3,(H,26,33)(H,27,31)/t13-/m0/s1. The van der Waals surface area contributed by atoms with Gasteiger partial charge in [0.2, 0.25) is 11.8 Å². The number of carbonyl (C=O) groups excluding carboxylic acids is 3. The number of hydrogen-bond acceptors (Lipinski definition) is 6. The molecule has 2 aromatic rings. The van der Waals surface area contributed by atoms with Crippen LogP contribution in [0.5, 0.6) is 0 Å². The highest BCUT2D eigenvalue weighted by Gasteiger charge is 2.46. The summed E-state index contributed by atoms with van der Waals surface area (Å²) in [5.41, 5.74) is 7.63. The van der Waals surface area contributed by atoms with E-state index in [0.717, 1.165) is 12.8 Å². The van der Waals surface area contributed by atoms with Gasteiger partial charge in [-0.3, -0.25) is 19.1 Å². The molecule has 0 radical (unpaired) electrons. The van der Waals surface area contributed by atoms with Gasteiger partial charge in [0.25, 0.3) is 5.91 Å². The Morgan fingerprint density at radius 1 is 1.30 bits per heavy atom. The second kappa shape index (κ2) is 7.71. The van der Waals surface area contributed by atoms with E-state index in [1.807, 2.05) is 6.92 Å². The fourth-order valence-electron chi connectivity index (χ4n) is 4.03. The highest BCUT2D eigenvalue weighted by atomic mass is 16.2. The summed E-state index contributed by atoms with van der Waals surface area (Å²) in [6.07, 6.45) is 3.04. The number of nitrogens with one attached hydrogen (secondary N) is 2. The van der Waals surface area contributed by atoms with Crippen LogP contribution in [0, 0.1) is 17.2 Å². The highest BCUT2D eigenvalue weighted by molar-refractivity contribution is 5.99. The summed E-state index contributed by atoms with van der Waals surface area (Å²) in [4.78, 5) is 39.2. The number of nitrogens with two attached hydrogens (primary N) is 1. The zero-order valence-electron chi connectivity index (χ0n) is 18.3. The van der Waals surface area contributed by atoms with Crippen molar-refractivity contribution < 1.29 is 14.4 Å². The zero-order chi connectivity index (χ0) is 23.3. The Kier molecular flexibility index (Phi) is 4.94. The van der Waals surface area contributed by atoms with Crippen LogP contribution in [0.3, 0.4) is 0 Å². The summed E-state index contributed by atoms with van der Waals surface area (Å²) in [5, 5.41) is 19.6. The maximum absolute atomic E-state index is 13.1. The summed E-state index contributed by atoms with van der Waals surface area (Å²) in [7, 11) is 0. The van der Waals surface area contributed by atoms with Crippen molar-refractivity contribution >= 4 is 23.4 Å². The molecule has 170 valence electrons. The van der Waals surface area contributed by atoms with Gasteiger partial charge in [-0.2, -0.15) is 10.4 Å². The average molecular weight is 447 g/mol. The molecule has 0 bridgehead atoms. The molecule has 5 rings (SSSR count). The molecule has 10 heteroatoms. The van der Waals surface area contributed by atoms with E-state index in [9.17, 15) is 19.6 Å². The number of fused-ring (bicyclic) bond motifs is 1. The number of hydrogen-bond donors (Lipinski definition) is 3. The summed E-state index contributed by atoms with van der Waals surface area (Å²) in [6.45, 7) is 2.42. The molecule has 3 aliphatic rings. The van der Waals surface area contributed by atoms with Gasteiger partial charge in [0.05, 0.1) is 41.3 Å². The first-order valence-electron chi connectivity index (χ1n) is 11.1. The molecular weight excluding hydrogens is 422 g/mol. The first-order valence-corrected chi connectivity index (χ1v) is 11.1. The van der Waals surface area contributed by atoms with E-state index >= 15 is 0 Å². The number of benzene rings is 1. The van der Waals surface area contributed by atoms with E-state index in [-0.39, 0.29) is 36.3 Å². The van der Waals surface area contributed by atoms with E-state index in [1.54, 1.807) is 33.8 Å². The van der Waals surface area contributed by atoms with Crippen molar-refractivity contribution in [2.75, 3.05) is 18.5 Å². The van der Waals surface area contributed by atoms with Crippen LogP contribution in [0.25, 0.3) is 11.3 Å². The third kappa shape index (κ3) is 3.96. The van der Waals surface area contributed by atoms with Crippen molar-refractivity contribution in [2.24, 2.45) is 11.7 Å². The normalized spacial score (nSPS) is 20.6. The van der Waals surface area contributed by atoms with E-state index in [2.05, 4.69) is 21.8 Å². The predicted octanol–water partition coefficient (Wildman–Crippen LogP) is 1.35. The smallest absolute Gasteiger partial charge is 0.273 e. The third-order valence-corrected chi connectivity index (χ3v) is 6.45. The topological polar surface area (TPSA) is 146 Å². The lowest BCUT2D eigenvalue weighted by Crippen LogP contribution is -2.51. The van der Waals surface area contributed by atoms with Crippen molar-refractivity contribution in [3.05, 3.63) is 35.5 Å². The van der Waals surface area contributed by atoms with Gasteiger partial charge in [-0.05, 0) is 56.9 Å². The van der Waals surface area contributed by atoms with Crippen molar-refractivity contribution in [3.8, 4) is 17.3 Å². The number of nitriles is 1. The van der Waals surface area contributed by atoms with E-state index < -0.39 is 5.54 Å². The number of rotatable bonds is 6. The molecule has 1 aliphatic heterocycles. The Hall–Kier alpha value is -3.71. The molecule has 4 N–H and O–H groups in total. The Morgan fingerprint density at radius 2 is 2.06 bits per heavy atom. The summed E-state index contributed by atoms with van der Waals surface area (Å²) in [6, 6.07) is 8.69. The number of aromatic nitrogens is 2. The molecule has 0 spiro atoms. The number of amides is 3. The van der Waals surface area contributed by atoms with Gasteiger partial charge in [0, 0.05) is 18.0 Å². The molecule has 1 aromatic carbocycles. The number of anilines is 1. The number of carbonyl (C=O) groups is 3. The fourth-order valence-corrected chi connectivity index (χ4v) is 4.03. The van der Waals surface area contributed by atoms with Gasteiger partial charge in [-0.25, -0.2) is 0 Å². The minimum absolute atomic E-state index is 0.00691. The van der Waals surface area contributed by atoms with Crippen molar-refractivity contribution in [3.63, 3.8) is 0 Å². The monoisotopic (exact) mass is 447 g/mol. The van der Waals surface area contributed by atoms with Crippen LogP contribution < -0.4 is 16.4 Å². The molecule has 33 heavy (non-hydrogen) atoms. The van der Waals surface area contributed by atoms with Gasteiger partial charge >= 0.3 is 0 Å². The molecule has 2 saturated carbocycles. The SMILES string of the molecule is C[C@H]1CN(CNC(=O)C2(N)CC2)C(=O)c2cc(-c3ccc(C#N)cc3NC(=O)C3CC3)nn21.